The molecule has 5 heteroatoms. The van der Waals surface area contributed by atoms with Gasteiger partial charge < -0.3 is 9.64 Å². The van der Waals surface area contributed by atoms with Gasteiger partial charge in [0.25, 0.3) is 0 Å². The molecule has 0 bridgehead atoms. The van der Waals surface area contributed by atoms with Crippen molar-refractivity contribution >= 4 is 23.5 Å². The Bertz CT molecular complexity index is 262. The predicted molar refractivity (Wildman–Crippen MR) is 47.1 cm³/mol. The molecule has 72 valence electrons. The normalized spacial score (nSPS) is 16.5. The van der Waals surface area contributed by atoms with Crippen molar-refractivity contribution in [2.45, 2.75) is 6.42 Å². The third-order valence-electron chi connectivity index (χ3n) is 1.75. The Morgan fingerprint density at radius 1 is 1.62 bits per heavy atom. The molecular weight excluding hydrogens is 194 g/mol. The number of hydrogen-bond donors (Lipinski definition) is 0. The first-order chi connectivity index (χ1) is 6.15. The van der Waals surface area contributed by atoms with Crippen LogP contribution in [0.5, 0.6) is 0 Å². The fourth-order valence-electron chi connectivity index (χ4n) is 1.09. The highest BCUT2D eigenvalue weighted by atomic mass is 35.5. The van der Waals surface area contributed by atoms with E-state index in [0.717, 1.165) is 0 Å². The minimum Gasteiger partial charge on any atom is -0.462 e. The summed E-state index contributed by atoms with van der Waals surface area (Å²) in [7, 11) is 1.18. The molecule has 1 aliphatic rings. The van der Waals surface area contributed by atoms with Crippen LogP contribution in [0.1, 0.15) is 6.42 Å². The van der Waals surface area contributed by atoms with E-state index in [4.69, 9.17) is 11.6 Å². The molecule has 0 radical (unpaired) electrons. The van der Waals surface area contributed by atoms with Gasteiger partial charge in [-0.05, 0) is 6.42 Å². The Morgan fingerprint density at radius 3 is 2.85 bits per heavy atom. The van der Waals surface area contributed by atoms with E-state index in [1.807, 2.05) is 6.08 Å². The van der Waals surface area contributed by atoms with Crippen LogP contribution in [0, 0.1) is 0 Å². The highest BCUT2D eigenvalue weighted by Gasteiger charge is 2.24. The molecule has 1 amide bonds. The van der Waals surface area contributed by atoms with Gasteiger partial charge in [-0.15, -0.1) is 0 Å². The zero-order chi connectivity index (χ0) is 9.84. The van der Waals surface area contributed by atoms with Crippen LogP contribution in [0.2, 0.25) is 0 Å². The molecule has 0 atom stereocenters. The first-order valence-electron chi connectivity index (χ1n) is 3.87. The van der Waals surface area contributed by atoms with Gasteiger partial charge in [-0.1, -0.05) is 17.7 Å². The van der Waals surface area contributed by atoms with E-state index < -0.39 is 11.9 Å². The molecule has 0 aromatic rings. The van der Waals surface area contributed by atoms with Crippen molar-refractivity contribution in [1.82, 2.24) is 4.90 Å². The first-order valence-corrected chi connectivity index (χ1v) is 4.24. The maximum absolute atomic E-state index is 11.2. The SMILES string of the molecule is COC(=O)C(=O)N1CCC=C(Cl)C1. The van der Waals surface area contributed by atoms with Gasteiger partial charge in [-0.2, -0.15) is 0 Å². The van der Waals surface area contributed by atoms with Gasteiger partial charge >= 0.3 is 11.9 Å². The average molecular weight is 204 g/mol. The molecule has 0 aromatic heterocycles. The topological polar surface area (TPSA) is 46.6 Å². The van der Waals surface area contributed by atoms with E-state index >= 15 is 0 Å². The number of nitrogens with zero attached hydrogens (tertiary/aromatic N) is 1. The van der Waals surface area contributed by atoms with Crippen molar-refractivity contribution in [1.29, 1.82) is 0 Å². The van der Waals surface area contributed by atoms with Crippen LogP contribution in [0.3, 0.4) is 0 Å². The molecule has 13 heavy (non-hydrogen) atoms. The van der Waals surface area contributed by atoms with E-state index in [2.05, 4.69) is 4.74 Å². The second-order valence-electron chi connectivity index (χ2n) is 2.66. The third kappa shape index (κ3) is 2.45. The van der Waals surface area contributed by atoms with Crippen LogP contribution >= 0.6 is 11.6 Å². The fourth-order valence-corrected chi connectivity index (χ4v) is 1.35. The van der Waals surface area contributed by atoms with E-state index in [9.17, 15) is 9.59 Å². The maximum atomic E-state index is 11.2. The predicted octanol–water partition coefficient (Wildman–Crippen LogP) is 0.514. The molecule has 0 saturated carbocycles. The Labute approximate surface area is 81.1 Å². The molecule has 0 N–H and O–H groups in total. The van der Waals surface area contributed by atoms with Gasteiger partial charge in [0.1, 0.15) is 0 Å². The van der Waals surface area contributed by atoms with E-state index in [1.54, 1.807) is 0 Å². The summed E-state index contributed by atoms with van der Waals surface area (Å²) in [5.74, 6) is -1.47. The minimum atomic E-state index is -0.841. The zero-order valence-corrected chi connectivity index (χ0v) is 8.00. The van der Waals surface area contributed by atoms with Crippen LogP contribution < -0.4 is 0 Å². The van der Waals surface area contributed by atoms with Gasteiger partial charge in [0, 0.05) is 11.6 Å². The molecule has 1 aliphatic heterocycles. The van der Waals surface area contributed by atoms with Crippen molar-refractivity contribution in [2.24, 2.45) is 0 Å². The molecule has 0 fully saturated rings. The van der Waals surface area contributed by atoms with Crippen LogP contribution in [0.25, 0.3) is 0 Å². The summed E-state index contributed by atoms with van der Waals surface area (Å²) in [6.45, 7) is 0.819. The van der Waals surface area contributed by atoms with E-state index in [0.29, 0.717) is 24.5 Å². The van der Waals surface area contributed by atoms with Crippen molar-refractivity contribution in [3.05, 3.63) is 11.1 Å². The van der Waals surface area contributed by atoms with Crippen molar-refractivity contribution in [3.8, 4) is 0 Å². The minimum absolute atomic E-state index is 0.301. The maximum Gasteiger partial charge on any atom is 0.396 e. The number of methoxy groups -OCH3 is 1. The highest BCUT2D eigenvalue weighted by molar-refractivity contribution is 6.33. The second-order valence-corrected chi connectivity index (χ2v) is 3.14. The van der Waals surface area contributed by atoms with Crippen LogP contribution in [0.15, 0.2) is 11.1 Å². The molecule has 4 nitrogen and oxygen atoms in total. The lowest BCUT2D eigenvalue weighted by molar-refractivity contribution is -0.158. The van der Waals surface area contributed by atoms with Gasteiger partial charge in [0.05, 0.1) is 13.7 Å². The lowest BCUT2D eigenvalue weighted by Crippen LogP contribution is -2.40. The monoisotopic (exact) mass is 203 g/mol. The van der Waals surface area contributed by atoms with E-state index in [1.165, 1.54) is 12.0 Å². The lowest BCUT2D eigenvalue weighted by atomic mass is 10.2. The number of amides is 1. The molecular formula is C8H10ClNO3. The summed E-state index contributed by atoms with van der Waals surface area (Å²) >= 11 is 5.72. The van der Waals surface area contributed by atoms with Gasteiger partial charge in [0.2, 0.25) is 0 Å². The Kier molecular flexibility index (Phi) is 3.31. The van der Waals surface area contributed by atoms with Gasteiger partial charge in [0.15, 0.2) is 0 Å². The Morgan fingerprint density at radius 2 is 2.31 bits per heavy atom. The molecule has 0 aromatic carbocycles. The number of carbonyl (C=O) groups is 2. The highest BCUT2D eigenvalue weighted by Crippen LogP contribution is 2.12. The molecule has 0 aliphatic carbocycles. The Hall–Kier alpha value is -1.03. The molecule has 0 unspecified atom stereocenters. The summed E-state index contributed by atoms with van der Waals surface area (Å²) in [5, 5.41) is 0.587. The van der Waals surface area contributed by atoms with E-state index in [-0.39, 0.29) is 0 Å². The summed E-state index contributed by atoms with van der Waals surface area (Å²) in [6.07, 6.45) is 2.52. The molecule has 1 rings (SSSR count). The van der Waals surface area contributed by atoms with Crippen LogP contribution in [-0.2, 0) is 14.3 Å². The number of rotatable bonds is 0. The number of ether oxygens (including phenoxy) is 1. The third-order valence-corrected chi connectivity index (χ3v) is 2.03. The summed E-state index contributed by atoms with van der Waals surface area (Å²) < 4.78 is 4.31. The van der Waals surface area contributed by atoms with Crippen molar-refractivity contribution in [2.75, 3.05) is 20.2 Å². The smallest absolute Gasteiger partial charge is 0.396 e. The number of carbonyl (C=O) groups excluding carboxylic acids is 2. The zero-order valence-electron chi connectivity index (χ0n) is 7.25. The molecule has 0 saturated heterocycles. The van der Waals surface area contributed by atoms with Crippen LogP contribution in [0.4, 0.5) is 0 Å². The lowest BCUT2D eigenvalue weighted by Gasteiger charge is -2.23. The summed E-state index contributed by atoms with van der Waals surface area (Å²) in [6, 6.07) is 0. The van der Waals surface area contributed by atoms with Crippen LogP contribution in [-0.4, -0.2) is 37.0 Å². The summed E-state index contributed by atoms with van der Waals surface area (Å²) in [5.41, 5.74) is 0. The quantitative estimate of drug-likeness (QED) is 0.426. The van der Waals surface area contributed by atoms with Gasteiger partial charge in [-0.25, -0.2) is 4.79 Å². The largest absolute Gasteiger partial charge is 0.462 e. The average Bonchev–Trinajstić information content (AvgIpc) is 2.15. The fraction of sp³-hybridized carbons (Fsp3) is 0.500. The summed E-state index contributed by atoms with van der Waals surface area (Å²) in [4.78, 5) is 23.5. The number of esters is 1. The molecule has 0 spiro atoms. The number of halogens is 1. The Balaban J connectivity index is 2.59. The first kappa shape index (κ1) is 10.1. The molecule has 1 heterocycles. The van der Waals surface area contributed by atoms with Crippen molar-refractivity contribution < 1.29 is 14.3 Å². The van der Waals surface area contributed by atoms with Crippen molar-refractivity contribution in [3.63, 3.8) is 0 Å². The standard InChI is InChI=1S/C8H10ClNO3/c1-13-8(12)7(11)10-4-2-3-6(9)5-10/h3H,2,4-5H2,1H3. The number of hydrogen-bond acceptors (Lipinski definition) is 3. The second kappa shape index (κ2) is 4.28. The van der Waals surface area contributed by atoms with Gasteiger partial charge in [-0.3, -0.25) is 4.79 Å².